The zero-order chi connectivity index (χ0) is 13.3. The molecule has 0 saturated carbocycles. The van der Waals surface area contributed by atoms with Crippen LogP contribution in [0.2, 0.25) is 0 Å². The summed E-state index contributed by atoms with van der Waals surface area (Å²) in [5.74, 6) is 0. The molecule has 0 aliphatic carbocycles. The van der Waals surface area contributed by atoms with Crippen molar-refractivity contribution in [3.8, 4) is 6.07 Å². The van der Waals surface area contributed by atoms with Crippen LogP contribution in [0.25, 0.3) is 0 Å². The first-order valence-electron chi connectivity index (χ1n) is 5.87. The Kier molecular flexibility index (Phi) is 9.00. The molecule has 0 bridgehead atoms. The Balaban J connectivity index is 3.78. The number of hydrogen-bond donors (Lipinski definition) is 1. The molecule has 1 N–H and O–H groups in total. The predicted octanol–water partition coefficient (Wildman–Crippen LogP) is 0.633. The quantitative estimate of drug-likeness (QED) is 0.644. The van der Waals surface area contributed by atoms with E-state index in [0.29, 0.717) is 19.6 Å². The van der Waals surface area contributed by atoms with Gasteiger partial charge in [0.05, 0.1) is 37.9 Å². The van der Waals surface area contributed by atoms with E-state index in [1.54, 1.807) is 7.11 Å². The number of aliphatic hydroxyl groups is 1. The molecule has 0 rings (SSSR count). The van der Waals surface area contributed by atoms with E-state index in [-0.39, 0.29) is 18.8 Å². The van der Waals surface area contributed by atoms with Gasteiger partial charge in [0, 0.05) is 19.7 Å². The average Bonchev–Trinajstić information content (AvgIpc) is 2.27. The van der Waals surface area contributed by atoms with Crippen molar-refractivity contribution < 1.29 is 14.6 Å². The van der Waals surface area contributed by atoms with E-state index >= 15 is 0 Å². The molecule has 0 aliphatic heterocycles. The zero-order valence-electron chi connectivity index (χ0n) is 11.2. The van der Waals surface area contributed by atoms with Gasteiger partial charge in [-0.1, -0.05) is 0 Å². The summed E-state index contributed by atoms with van der Waals surface area (Å²) in [7, 11) is 3.51. The van der Waals surface area contributed by atoms with Crippen LogP contribution in [0.4, 0.5) is 0 Å². The normalized spacial score (nSPS) is 16.5. The van der Waals surface area contributed by atoms with Gasteiger partial charge in [-0.05, 0) is 20.9 Å². The van der Waals surface area contributed by atoms with Crippen LogP contribution in [0, 0.1) is 11.3 Å². The smallest absolute Gasteiger partial charge is 0.0900 e. The molecule has 0 aliphatic rings. The fourth-order valence-electron chi connectivity index (χ4n) is 1.41. The van der Waals surface area contributed by atoms with Crippen LogP contribution < -0.4 is 0 Å². The molecule has 5 heteroatoms. The largest absolute Gasteiger partial charge is 0.389 e. The molecular formula is C12H24N2O3. The Labute approximate surface area is 104 Å². The maximum atomic E-state index is 9.76. The topological polar surface area (TPSA) is 65.7 Å². The zero-order valence-corrected chi connectivity index (χ0v) is 11.2. The van der Waals surface area contributed by atoms with E-state index in [4.69, 9.17) is 14.7 Å². The van der Waals surface area contributed by atoms with Gasteiger partial charge in [-0.3, -0.25) is 0 Å². The van der Waals surface area contributed by atoms with Crippen LogP contribution >= 0.6 is 0 Å². The van der Waals surface area contributed by atoms with Crippen molar-refractivity contribution in [2.45, 2.75) is 38.5 Å². The number of rotatable bonds is 9. The Hall–Kier alpha value is -0.670. The van der Waals surface area contributed by atoms with Crippen LogP contribution in [0.3, 0.4) is 0 Å². The van der Waals surface area contributed by atoms with Crippen molar-refractivity contribution in [1.82, 2.24) is 4.90 Å². The minimum Gasteiger partial charge on any atom is -0.389 e. The van der Waals surface area contributed by atoms with Crippen LogP contribution in [0.15, 0.2) is 0 Å². The standard InChI is InChI=1S/C12H24N2O3/c1-10(5-6-13)14(3)7-12(15)9-17-11(2)8-16-4/h10-12,15H,5,7-9H2,1-4H3. The van der Waals surface area contributed by atoms with E-state index in [9.17, 15) is 5.11 Å². The number of likely N-dealkylation sites (N-methyl/N-ethyl adjacent to an activating group) is 1. The summed E-state index contributed by atoms with van der Waals surface area (Å²) < 4.78 is 10.4. The van der Waals surface area contributed by atoms with Crippen LogP contribution in [0.1, 0.15) is 20.3 Å². The van der Waals surface area contributed by atoms with Gasteiger partial charge in [0.15, 0.2) is 0 Å². The lowest BCUT2D eigenvalue weighted by molar-refractivity contribution is -0.0400. The first kappa shape index (κ1) is 16.3. The highest BCUT2D eigenvalue weighted by Crippen LogP contribution is 2.02. The minimum absolute atomic E-state index is 0.0171. The number of hydrogen-bond acceptors (Lipinski definition) is 5. The second kappa shape index (κ2) is 9.37. The highest BCUT2D eigenvalue weighted by atomic mass is 16.5. The molecular weight excluding hydrogens is 220 g/mol. The number of nitriles is 1. The fourth-order valence-corrected chi connectivity index (χ4v) is 1.41. The Bertz CT molecular complexity index is 230. The first-order chi connectivity index (χ1) is 8.01. The summed E-state index contributed by atoms with van der Waals surface area (Å²) in [5.41, 5.74) is 0. The van der Waals surface area contributed by atoms with Crippen molar-refractivity contribution in [2.75, 3.05) is 33.9 Å². The van der Waals surface area contributed by atoms with Gasteiger partial charge in [-0.25, -0.2) is 0 Å². The van der Waals surface area contributed by atoms with E-state index in [2.05, 4.69) is 6.07 Å². The monoisotopic (exact) mass is 244 g/mol. The number of ether oxygens (including phenoxy) is 2. The Morgan fingerprint density at radius 3 is 2.53 bits per heavy atom. The van der Waals surface area contributed by atoms with Gasteiger partial charge < -0.3 is 19.5 Å². The molecule has 0 aromatic carbocycles. The molecule has 0 aromatic rings. The molecule has 0 saturated heterocycles. The summed E-state index contributed by atoms with van der Waals surface area (Å²) in [4.78, 5) is 1.96. The van der Waals surface area contributed by atoms with Crippen LogP contribution in [-0.2, 0) is 9.47 Å². The third kappa shape index (κ3) is 8.11. The number of nitrogens with zero attached hydrogens (tertiary/aromatic N) is 2. The summed E-state index contributed by atoms with van der Waals surface area (Å²) in [6.45, 7) is 5.17. The van der Waals surface area contributed by atoms with Crippen LogP contribution in [-0.4, -0.2) is 62.2 Å². The fraction of sp³-hybridized carbons (Fsp3) is 0.917. The maximum absolute atomic E-state index is 9.76. The summed E-state index contributed by atoms with van der Waals surface area (Å²) in [6.07, 6.45) is -0.0959. The van der Waals surface area contributed by atoms with Gasteiger partial charge >= 0.3 is 0 Å². The number of aliphatic hydroxyl groups excluding tert-OH is 1. The average molecular weight is 244 g/mol. The highest BCUT2D eigenvalue weighted by molar-refractivity contribution is 4.79. The summed E-state index contributed by atoms with van der Waals surface area (Å²) in [5, 5.41) is 18.3. The van der Waals surface area contributed by atoms with Crippen molar-refractivity contribution in [2.24, 2.45) is 0 Å². The molecule has 0 spiro atoms. The van der Waals surface area contributed by atoms with E-state index in [1.807, 2.05) is 25.8 Å². The first-order valence-corrected chi connectivity index (χ1v) is 5.87. The molecule has 17 heavy (non-hydrogen) atoms. The minimum atomic E-state index is -0.541. The molecule has 0 heterocycles. The van der Waals surface area contributed by atoms with Gasteiger partial charge in [0.1, 0.15) is 0 Å². The molecule has 0 amide bonds. The molecule has 0 radical (unpaired) electrons. The van der Waals surface area contributed by atoms with Crippen molar-refractivity contribution in [1.29, 1.82) is 5.26 Å². The van der Waals surface area contributed by atoms with Crippen molar-refractivity contribution in [3.05, 3.63) is 0 Å². The molecule has 100 valence electrons. The summed E-state index contributed by atoms with van der Waals surface area (Å²) >= 11 is 0. The second-order valence-corrected chi connectivity index (χ2v) is 4.40. The molecule has 3 unspecified atom stereocenters. The lowest BCUT2D eigenvalue weighted by Gasteiger charge is -2.25. The van der Waals surface area contributed by atoms with Crippen molar-refractivity contribution >= 4 is 0 Å². The lowest BCUT2D eigenvalue weighted by atomic mass is 10.2. The van der Waals surface area contributed by atoms with Crippen molar-refractivity contribution in [3.63, 3.8) is 0 Å². The lowest BCUT2D eigenvalue weighted by Crippen LogP contribution is -2.38. The van der Waals surface area contributed by atoms with Gasteiger partial charge in [0.2, 0.25) is 0 Å². The Morgan fingerprint density at radius 1 is 1.35 bits per heavy atom. The molecule has 0 aromatic heterocycles. The number of methoxy groups -OCH3 is 1. The van der Waals surface area contributed by atoms with E-state index in [1.165, 1.54) is 0 Å². The van der Waals surface area contributed by atoms with Gasteiger partial charge in [0.25, 0.3) is 0 Å². The van der Waals surface area contributed by atoms with E-state index in [0.717, 1.165) is 0 Å². The maximum Gasteiger partial charge on any atom is 0.0900 e. The molecule has 5 nitrogen and oxygen atoms in total. The third-order valence-electron chi connectivity index (χ3n) is 2.61. The highest BCUT2D eigenvalue weighted by Gasteiger charge is 2.14. The van der Waals surface area contributed by atoms with E-state index < -0.39 is 6.10 Å². The molecule has 3 atom stereocenters. The SMILES string of the molecule is COCC(C)OCC(O)CN(C)C(C)CC#N. The van der Waals surface area contributed by atoms with Crippen LogP contribution in [0.5, 0.6) is 0 Å². The predicted molar refractivity (Wildman–Crippen MR) is 65.6 cm³/mol. The van der Waals surface area contributed by atoms with Gasteiger partial charge in [-0.15, -0.1) is 0 Å². The second-order valence-electron chi connectivity index (χ2n) is 4.40. The summed E-state index contributed by atoms with van der Waals surface area (Å²) in [6, 6.07) is 2.26. The van der Waals surface area contributed by atoms with Gasteiger partial charge in [-0.2, -0.15) is 5.26 Å². The third-order valence-corrected chi connectivity index (χ3v) is 2.61. The molecule has 0 fully saturated rings. The Morgan fingerprint density at radius 2 is 2.00 bits per heavy atom.